The number of aliphatic hydroxyl groups excluding tert-OH is 1. The molecule has 0 aliphatic carbocycles. The van der Waals surface area contributed by atoms with E-state index in [1.54, 1.807) is 0 Å². The van der Waals surface area contributed by atoms with E-state index in [1.165, 1.54) is 12.8 Å². The summed E-state index contributed by atoms with van der Waals surface area (Å²) in [5.41, 5.74) is 0.362. The van der Waals surface area contributed by atoms with Crippen LogP contribution in [-0.4, -0.2) is 49.8 Å². The summed E-state index contributed by atoms with van der Waals surface area (Å²) in [6.07, 6.45) is 4.47. The van der Waals surface area contributed by atoms with E-state index in [2.05, 4.69) is 45.0 Å². The van der Waals surface area contributed by atoms with Crippen LogP contribution >= 0.6 is 0 Å². The number of rotatable bonds is 12. The molecule has 0 heterocycles. The van der Waals surface area contributed by atoms with Gasteiger partial charge in [0.25, 0.3) is 0 Å². The van der Waals surface area contributed by atoms with Crippen LogP contribution in [0.5, 0.6) is 0 Å². The topological polar surface area (TPSA) is 35.5 Å². The Morgan fingerprint density at radius 2 is 1.89 bits per heavy atom. The second-order valence-electron chi connectivity index (χ2n) is 6.71. The average Bonchev–Trinajstić information content (AvgIpc) is 2.34. The van der Waals surface area contributed by atoms with Gasteiger partial charge in [0.1, 0.15) is 0 Å². The molecule has 0 bridgehead atoms. The van der Waals surface area contributed by atoms with E-state index >= 15 is 0 Å². The van der Waals surface area contributed by atoms with E-state index in [4.69, 9.17) is 5.11 Å². The zero-order valence-electron chi connectivity index (χ0n) is 13.8. The standard InChI is InChI=1S/C16H36N2O/c1-6-16(4,13-17-12-15(2)3)14-18(5)10-8-7-9-11-19/h15,17,19H,6-14H2,1-5H3. The number of nitrogens with one attached hydrogen (secondary N) is 1. The fraction of sp³-hybridized carbons (Fsp3) is 1.00. The Morgan fingerprint density at radius 3 is 2.42 bits per heavy atom. The first-order valence-electron chi connectivity index (χ1n) is 7.93. The summed E-state index contributed by atoms with van der Waals surface area (Å²) < 4.78 is 0. The minimum atomic E-state index is 0.329. The van der Waals surface area contributed by atoms with Crippen LogP contribution < -0.4 is 5.32 Å². The van der Waals surface area contributed by atoms with Gasteiger partial charge in [-0.1, -0.05) is 27.7 Å². The number of aliphatic hydroxyl groups is 1. The molecule has 1 unspecified atom stereocenters. The third-order valence-corrected chi connectivity index (χ3v) is 3.81. The minimum absolute atomic E-state index is 0.329. The van der Waals surface area contributed by atoms with Gasteiger partial charge in [-0.2, -0.15) is 0 Å². The second kappa shape index (κ2) is 10.6. The molecule has 116 valence electrons. The van der Waals surface area contributed by atoms with Crippen LogP contribution in [0.1, 0.15) is 53.4 Å². The summed E-state index contributed by atoms with van der Waals surface area (Å²) in [6, 6.07) is 0. The highest BCUT2D eigenvalue weighted by Gasteiger charge is 2.23. The van der Waals surface area contributed by atoms with Crippen molar-refractivity contribution in [3.05, 3.63) is 0 Å². The van der Waals surface area contributed by atoms with Gasteiger partial charge in [0.05, 0.1) is 0 Å². The summed E-state index contributed by atoms with van der Waals surface area (Å²) in [5.74, 6) is 0.720. The van der Waals surface area contributed by atoms with Crippen molar-refractivity contribution in [3.8, 4) is 0 Å². The van der Waals surface area contributed by atoms with Gasteiger partial charge in [-0.3, -0.25) is 0 Å². The zero-order chi connectivity index (χ0) is 14.7. The van der Waals surface area contributed by atoms with Gasteiger partial charge in [0.15, 0.2) is 0 Å². The van der Waals surface area contributed by atoms with Crippen LogP contribution in [0.25, 0.3) is 0 Å². The quantitative estimate of drug-likeness (QED) is 0.536. The van der Waals surface area contributed by atoms with E-state index in [-0.39, 0.29) is 0 Å². The highest BCUT2D eigenvalue weighted by molar-refractivity contribution is 4.79. The molecule has 0 aromatic carbocycles. The van der Waals surface area contributed by atoms with E-state index in [0.29, 0.717) is 12.0 Å². The minimum Gasteiger partial charge on any atom is -0.396 e. The fourth-order valence-electron chi connectivity index (χ4n) is 2.36. The van der Waals surface area contributed by atoms with Crippen LogP contribution in [0.4, 0.5) is 0 Å². The van der Waals surface area contributed by atoms with E-state index in [9.17, 15) is 0 Å². The molecule has 0 aliphatic heterocycles. The third-order valence-electron chi connectivity index (χ3n) is 3.81. The monoisotopic (exact) mass is 272 g/mol. The van der Waals surface area contributed by atoms with Crippen LogP contribution in [-0.2, 0) is 0 Å². The first-order valence-corrected chi connectivity index (χ1v) is 7.93. The summed E-state index contributed by atoms with van der Waals surface area (Å²) in [5, 5.41) is 12.4. The van der Waals surface area contributed by atoms with Crippen LogP contribution in [0.3, 0.4) is 0 Å². The van der Waals surface area contributed by atoms with Gasteiger partial charge in [-0.15, -0.1) is 0 Å². The molecule has 2 N–H and O–H groups in total. The van der Waals surface area contributed by atoms with Crippen molar-refractivity contribution in [2.24, 2.45) is 11.3 Å². The van der Waals surface area contributed by atoms with Crippen molar-refractivity contribution in [2.45, 2.75) is 53.4 Å². The Morgan fingerprint density at radius 1 is 1.21 bits per heavy atom. The van der Waals surface area contributed by atoms with Crippen molar-refractivity contribution in [1.82, 2.24) is 10.2 Å². The predicted molar refractivity (Wildman–Crippen MR) is 84.5 cm³/mol. The Hall–Kier alpha value is -0.120. The maximum Gasteiger partial charge on any atom is 0.0431 e. The van der Waals surface area contributed by atoms with Gasteiger partial charge < -0.3 is 15.3 Å². The van der Waals surface area contributed by atoms with Gasteiger partial charge in [0, 0.05) is 19.7 Å². The molecule has 0 aromatic rings. The molecule has 0 saturated carbocycles. The van der Waals surface area contributed by atoms with Crippen molar-refractivity contribution in [2.75, 3.05) is 39.8 Å². The van der Waals surface area contributed by atoms with Crippen LogP contribution in [0.2, 0.25) is 0 Å². The van der Waals surface area contributed by atoms with Crippen molar-refractivity contribution in [3.63, 3.8) is 0 Å². The molecule has 0 spiro atoms. The number of nitrogens with zero attached hydrogens (tertiary/aromatic N) is 1. The molecule has 0 radical (unpaired) electrons. The van der Waals surface area contributed by atoms with Gasteiger partial charge in [0.2, 0.25) is 0 Å². The molecular formula is C16H36N2O. The Kier molecular flexibility index (Phi) is 10.6. The summed E-state index contributed by atoms with van der Waals surface area (Å²) in [7, 11) is 2.22. The summed E-state index contributed by atoms with van der Waals surface area (Å²) in [6.45, 7) is 14.0. The molecular weight excluding hydrogens is 236 g/mol. The maximum absolute atomic E-state index is 8.78. The summed E-state index contributed by atoms with van der Waals surface area (Å²) in [4.78, 5) is 2.44. The SMILES string of the molecule is CCC(C)(CNCC(C)C)CN(C)CCCCCO. The van der Waals surface area contributed by atoms with Crippen molar-refractivity contribution in [1.29, 1.82) is 0 Å². The Labute approximate surface area is 120 Å². The van der Waals surface area contributed by atoms with Crippen LogP contribution in [0.15, 0.2) is 0 Å². The molecule has 3 heteroatoms. The maximum atomic E-state index is 8.78. The molecule has 0 fully saturated rings. The lowest BCUT2D eigenvalue weighted by atomic mass is 9.86. The molecule has 1 atom stereocenters. The Bertz CT molecular complexity index is 209. The molecule has 0 rings (SSSR count). The normalized spacial score (nSPS) is 15.2. The first kappa shape index (κ1) is 18.9. The lowest BCUT2D eigenvalue weighted by molar-refractivity contribution is 0.175. The fourth-order valence-corrected chi connectivity index (χ4v) is 2.36. The Balaban J connectivity index is 3.92. The van der Waals surface area contributed by atoms with Crippen LogP contribution in [0, 0.1) is 11.3 Å². The lowest BCUT2D eigenvalue weighted by Gasteiger charge is -2.33. The number of unbranched alkanes of at least 4 members (excludes halogenated alkanes) is 2. The first-order chi connectivity index (χ1) is 8.93. The van der Waals surface area contributed by atoms with Gasteiger partial charge >= 0.3 is 0 Å². The zero-order valence-corrected chi connectivity index (χ0v) is 13.8. The largest absolute Gasteiger partial charge is 0.396 e. The smallest absolute Gasteiger partial charge is 0.0431 e. The molecule has 3 nitrogen and oxygen atoms in total. The molecule has 0 aliphatic rings. The predicted octanol–water partition coefficient (Wildman–Crippen LogP) is 2.74. The van der Waals surface area contributed by atoms with Crippen molar-refractivity contribution < 1.29 is 5.11 Å². The molecule has 19 heavy (non-hydrogen) atoms. The molecule has 0 saturated heterocycles. The van der Waals surface area contributed by atoms with E-state index in [0.717, 1.165) is 44.9 Å². The number of hydrogen-bond acceptors (Lipinski definition) is 3. The number of hydrogen-bond donors (Lipinski definition) is 2. The second-order valence-corrected chi connectivity index (χ2v) is 6.71. The van der Waals surface area contributed by atoms with E-state index < -0.39 is 0 Å². The van der Waals surface area contributed by atoms with Gasteiger partial charge in [-0.05, 0) is 57.2 Å². The van der Waals surface area contributed by atoms with Gasteiger partial charge in [-0.25, -0.2) is 0 Å². The highest BCUT2D eigenvalue weighted by Crippen LogP contribution is 2.21. The van der Waals surface area contributed by atoms with Crippen molar-refractivity contribution >= 4 is 0 Å². The highest BCUT2D eigenvalue weighted by atomic mass is 16.2. The average molecular weight is 272 g/mol. The molecule has 0 amide bonds. The lowest BCUT2D eigenvalue weighted by Crippen LogP contribution is -2.41. The third kappa shape index (κ3) is 10.3. The summed E-state index contributed by atoms with van der Waals surface area (Å²) >= 11 is 0. The molecule has 0 aromatic heterocycles. The van der Waals surface area contributed by atoms with E-state index in [1.807, 2.05) is 0 Å².